The zero-order chi connectivity index (χ0) is 20.3. The molecular formula is C19H17FN2O5S. The Morgan fingerprint density at radius 3 is 2.54 bits per heavy atom. The highest BCUT2D eigenvalue weighted by atomic mass is 32.2. The van der Waals surface area contributed by atoms with Gasteiger partial charge in [0, 0.05) is 22.7 Å². The van der Waals surface area contributed by atoms with E-state index in [1.165, 1.54) is 13.1 Å². The average Bonchev–Trinajstić information content (AvgIpc) is 3.10. The predicted molar refractivity (Wildman–Crippen MR) is 99.8 cm³/mol. The second kappa shape index (κ2) is 7.91. The maximum Gasteiger partial charge on any atom is 0.321 e. The fourth-order valence-electron chi connectivity index (χ4n) is 2.64. The SMILES string of the molecule is C[C@H](OC(=O)CNS(=O)(=O)c1ccc(F)cc1)C(=O)c1c[nH]c2ccccc12. The molecule has 0 unspecified atom stereocenters. The van der Waals surface area contributed by atoms with Crippen LogP contribution >= 0.6 is 0 Å². The lowest BCUT2D eigenvalue weighted by Gasteiger charge is -2.12. The van der Waals surface area contributed by atoms with Crippen LogP contribution in [0.25, 0.3) is 10.9 Å². The average molecular weight is 404 g/mol. The van der Waals surface area contributed by atoms with Crippen molar-refractivity contribution >= 4 is 32.7 Å². The number of sulfonamides is 1. The molecule has 3 rings (SSSR count). The summed E-state index contributed by atoms with van der Waals surface area (Å²) in [5.74, 6) is -1.90. The molecule has 28 heavy (non-hydrogen) atoms. The van der Waals surface area contributed by atoms with Crippen molar-refractivity contribution in [3.05, 3.63) is 66.1 Å². The fourth-order valence-corrected chi connectivity index (χ4v) is 3.61. The maximum absolute atomic E-state index is 12.9. The quantitative estimate of drug-likeness (QED) is 0.465. The van der Waals surface area contributed by atoms with Crippen molar-refractivity contribution < 1.29 is 27.1 Å². The standard InChI is InChI=1S/C19H17FN2O5S/c1-12(19(24)16-10-21-17-5-3-2-4-15(16)17)27-18(23)11-22-28(25,26)14-8-6-13(20)7-9-14/h2-10,12,21-22H,11H2,1H3/t12-/m0/s1. The number of para-hydroxylation sites is 1. The summed E-state index contributed by atoms with van der Waals surface area (Å²) in [7, 11) is -4.01. The number of ketones is 1. The lowest BCUT2D eigenvalue weighted by atomic mass is 10.1. The molecule has 0 saturated carbocycles. The number of nitrogens with one attached hydrogen (secondary N) is 2. The van der Waals surface area contributed by atoms with Crippen LogP contribution in [0.5, 0.6) is 0 Å². The summed E-state index contributed by atoms with van der Waals surface area (Å²) in [6.45, 7) is 0.752. The van der Waals surface area contributed by atoms with Crippen LogP contribution in [-0.2, 0) is 19.6 Å². The summed E-state index contributed by atoms with van der Waals surface area (Å²) < 4.78 is 44.2. The van der Waals surface area contributed by atoms with Crippen LogP contribution in [0.4, 0.5) is 4.39 Å². The van der Waals surface area contributed by atoms with Crippen molar-refractivity contribution in [1.29, 1.82) is 0 Å². The van der Waals surface area contributed by atoms with E-state index >= 15 is 0 Å². The molecule has 2 N–H and O–H groups in total. The number of carbonyl (C=O) groups is 2. The number of benzene rings is 2. The molecule has 0 saturated heterocycles. The van der Waals surface area contributed by atoms with E-state index < -0.39 is 40.2 Å². The molecule has 146 valence electrons. The molecule has 1 atom stereocenters. The van der Waals surface area contributed by atoms with Crippen LogP contribution in [-0.4, -0.2) is 37.8 Å². The molecular weight excluding hydrogens is 387 g/mol. The van der Waals surface area contributed by atoms with E-state index in [1.54, 1.807) is 12.1 Å². The van der Waals surface area contributed by atoms with Crippen molar-refractivity contribution in [1.82, 2.24) is 9.71 Å². The first-order chi connectivity index (χ1) is 13.3. The molecule has 0 spiro atoms. The Morgan fingerprint density at radius 1 is 1.14 bits per heavy atom. The predicted octanol–water partition coefficient (Wildman–Crippen LogP) is 2.40. The molecule has 0 amide bonds. The number of hydrogen-bond donors (Lipinski definition) is 2. The van der Waals surface area contributed by atoms with E-state index in [0.29, 0.717) is 10.9 Å². The van der Waals surface area contributed by atoms with E-state index in [0.717, 1.165) is 29.8 Å². The van der Waals surface area contributed by atoms with Gasteiger partial charge in [0.15, 0.2) is 6.10 Å². The van der Waals surface area contributed by atoms with E-state index in [1.807, 2.05) is 12.1 Å². The minimum atomic E-state index is -4.01. The molecule has 7 nitrogen and oxygen atoms in total. The zero-order valence-electron chi connectivity index (χ0n) is 14.8. The summed E-state index contributed by atoms with van der Waals surface area (Å²) in [5, 5.41) is 0.701. The van der Waals surface area contributed by atoms with Crippen LogP contribution in [0.2, 0.25) is 0 Å². The van der Waals surface area contributed by atoms with Crippen LogP contribution in [0.1, 0.15) is 17.3 Å². The van der Waals surface area contributed by atoms with Crippen LogP contribution in [0.15, 0.2) is 59.6 Å². The number of aromatic amines is 1. The Hall–Kier alpha value is -3.04. The highest BCUT2D eigenvalue weighted by molar-refractivity contribution is 7.89. The van der Waals surface area contributed by atoms with Crippen LogP contribution < -0.4 is 4.72 Å². The highest BCUT2D eigenvalue weighted by Gasteiger charge is 2.23. The van der Waals surface area contributed by atoms with E-state index in [4.69, 9.17) is 4.74 Å². The zero-order valence-corrected chi connectivity index (χ0v) is 15.6. The van der Waals surface area contributed by atoms with Gasteiger partial charge in [0.05, 0.1) is 4.90 Å². The number of rotatable bonds is 7. The summed E-state index contributed by atoms with van der Waals surface area (Å²) in [4.78, 5) is 27.3. The second-order valence-electron chi connectivity index (χ2n) is 6.02. The molecule has 2 aromatic carbocycles. The topological polar surface area (TPSA) is 105 Å². The summed E-state index contributed by atoms with van der Waals surface area (Å²) in [6, 6.07) is 11.3. The van der Waals surface area contributed by atoms with Crippen molar-refractivity contribution in [2.45, 2.75) is 17.9 Å². The lowest BCUT2D eigenvalue weighted by molar-refractivity contribution is -0.144. The first kappa shape index (κ1) is 19.7. The molecule has 0 fully saturated rings. The van der Waals surface area contributed by atoms with Crippen molar-refractivity contribution in [2.75, 3.05) is 6.54 Å². The Kier molecular flexibility index (Phi) is 5.57. The normalized spacial score (nSPS) is 12.6. The summed E-state index contributed by atoms with van der Waals surface area (Å²) >= 11 is 0. The Labute approximate surface area is 160 Å². The van der Waals surface area contributed by atoms with Gasteiger partial charge in [-0.3, -0.25) is 9.59 Å². The van der Waals surface area contributed by atoms with Gasteiger partial charge in [0.2, 0.25) is 15.8 Å². The molecule has 1 heterocycles. The fraction of sp³-hybridized carbons (Fsp3) is 0.158. The monoisotopic (exact) mass is 404 g/mol. The maximum atomic E-state index is 12.9. The van der Waals surface area contributed by atoms with Gasteiger partial charge in [0.25, 0.3) is 0 Å². The second-order valence-corrected chi connectivity index (χ2v) is 7.79. The van der Waals surface area contributed by atoms with Crippen molar-refractivity contribution in [3.63, 3.8) is 0 Å². The highest BCUT2D eigenvalue weighted by Crippen LogP contribution is 2.20. The minimum absolute atomic E-state index is 0.190. The van der Waals surface area contributed by atoms with Gasteiger partial charge in [-0.05, 0) is 37.3 Å². The van der Waals surface area contributed by atoms with Crippen LogP contribution in [0.3, 0.4) is 0 Å². The number of esters is 1. The molecule has 1 aromatic heterocycles. The Bertz CT molecular complexity index is 1120. The first-order valence-electron chi connectivity index (χ1n) is 8.33. The van der Waals surface area contributed by atoms with Crippen molar-refractivity contribution in [3.8, 4) is 0 Å². The molecule has 0 aliphatic carbocycles. The van der Waals surface area contributed by atoms with Gasteiger partial charge in [-0.1, -0.05) is 18.2 Å². The Morgan fingerprint density at radius 2 is 1.82 bits per heavy atom. The van der Waals surface area contributed by atoms with Crippen LogP contribution in [0, 0.1) is 5.82 Å². The number of Topliss-reactive ketones (excluding diaryl/α,β-unsaturated/α-hetero) is 1. The smallest absolute Gasteiger partial charge is 0.321 e. The number of halogens is 1. The van der Waals surface area contributed by atoms with E-state index in [2.05, 4.69) is 9.71 Å². The number of ether oxygens (including phenoxy) is 1. The molecule has 9 heteroatoms. The molecule has 3 aromatic rings. The molecule has 0 bridgehead atoms. The molecule has 0 aliphatic rings. The third kappa shape index (κ3) is 4.26. The van der Waals surface area contributed by atoms with Gasteiger partial charge >= 0.3 is 5.97 Å². The number of carbonyl (C=O) groups excluding carboxylic acids is 2. The number of aromatic nitrogens is 1. The van der Waals surface area contributed by atoms with Gasteiger partial charge in [-0.25, -0.2) is 12.8 Å². The molecule has 0 aliphatic heterocycles. The van der Waals surface area contributed by atoms with Gasteiger partial charge in [0.1, 0.15) is 12.4 Å². The summed E-state index contributed by atoms with van der Waals surface area (Å²) in [6.07, 6.45) is 0.441. The van der Waals surface area contributed by atoms with E-state index in [-0.39, 0.29) is 4.90 Å². The third-order valence-electron chi connectivity index (χ3n) is 4.06. The van der Waals surface area contributed by atoms with Gasteiger partial charge in [-0.15, -0.1) is 0 Å². The largest absolute Gasteiger partial charge is 0.453 e. The van der Waals surface area contributed by atoms with Gasteiger partial charge in [-0.2, -0.15) is 4.72 Å². The molecule has 0 radical (unpaired) electrons. The lowest BCUT2D eigenvalue weighted by Crippen LogP contribution is -2.34. The Balaban J connectivity index is 1.61. The first-order valence-corrected chi connectivity index (χ1v) is 9.81. The summed E-state index contributed by atoms with van der Waals surface area (Å²) in [5.41, 5.74) is 1.15. The third-order valence-corrected chi connectivity index (χ3v) is 5.48. The number of fused-ring (bicyclic) bond motifs is 1. The number of hydrogen-bond acceptors (Lipinski definition) is 5. The van der Waals surface area contributed by atoms with Crippen molar-refractivity contribution in [2.24, 2.45) is 0 Å². The van der Waals surface area contributed by atoms with Gasteiger partial charge < -0.3 is 9.72 Å². The van der Waals surface area contributed by atoms with E-state index in [9.17, 15) is 22.4 Å². The number of H-pyrrole nitrogens is 1. The minimum Gasteiger partial charge on any atom is -0.453 e.